The normalized spacial score (nSPS) is 11.9. The highest BCUT2D eigenvalue weighted by atomic mass is 16.5. The summed E-state index contributed by atoms with van der Waals surface area (Å²) in [6.07, 6.45) is 3.37. The molecule has 210 valence electrons. The number of nitrogens with one attached hydrogen (secondary N) is 1. The molecule has 0 bridgehead atoms. The molecule has 0 aliphatic carbocycles. The molecule has 0 radical (unpaired) electrons. The molecular formula is C31H36N4O5. The maximum atomic E-state index is 13.7. The van der Waals surface area contributed by atoms with Gasteiger partial charge in [-0.1, -0.05) is 87.3 Å². The zero-order valence-corrected chi connectivity index (χ0v) is 23.5. The van der Waals surface area contributed by atoms with Crippen LogP contribution in [-0.2, 0) is 28.9 Å². The fourth-order valence-electron chi connectivity index (χ4n) is 4.46. The van der Waals surface area contributed by atoms with E-state index in [-0.39, 0.29) is 17.9 Å². The Bertz CT molecular complexity index is 1570. The molecule has 1 unspecified atom stereocenters. The van der Waals surface area contributed by atoms with Crippen LogP contribution in [-0.4, -0.2) is 32.3 Å². The summed E-state index contributed by atoms with van der Waals surface area (Å²) in [5.74, 6) is 0.318. The second kappa shape index (κ2) is 13.2. The van der Waals surface area contributed by atoms with Crippen molar-refractivity contribution >= 4 is 5.97 Å². The monoisotopic (exact) mass is 544 g/mol. The third-order valence-electron chi connectivity index (χ3n) is 7.08. The first-order valence-corrected chi connectivity index (χ1v) is 13.8. The van der Waals surface area contributed by atoms with Gasteiger partial charge in [-0.15, -0.1) is 0 Å². The number of aromatic nitrogens is 4. The Morgan fingerprint density at radius 1 is 1.07 bits per heavy atom. The van der Waals surface area contributed by atoms with Crippen molar-refractivity contribution in [3.05, 3.63) is 92.1 Å². The number of carbonyl (C=O) groups is 1. The number of esters is 1. The molecule has 2 aromatic heterocycles. The summed E-state index contributed by atoms with van der Waals surface area (Å²) in [5.41, 5.74) is 4.22. The zero-order valence-electron chi connectivity index (χ0n) is 23.5. The fourth-order valence-corrected chi connectivity index (χ4v) is 4.46. The van der Waals surface area contributed by atoms with Crippen molar-refractivity contribution in [2.24, 2.45) is 5.92 Å². The van der Waals surface area contributed by atoms with Crippen LogP contribution < -0.4 is 11.3 Å². The lowest BCUT2D eigenvalue weighted by atomic mass is 9.98. The molecule has 0 amide bonds. The fraction of sp³-hybridized carbons (Fsp3) is 0.387. The number of unbranched alkanes of at least 4 members (excludes halogenated alkanes) is 1. The number of H-pyrrole nitrogens is 1. The summed E-state index contributed by atoms with van der Waals surface area (Å²) in [4.78, 5) is 45.1. The summed E-state index contributed by atoms with van der Waals surface area (Å²) in [7, 11) is 0. The molecule has 0 aliphatic heterocycles. The van der Waals surface area contributed by atoms with Gasteiger partial charge in [0.25, 0.3) is 5.56 Å². The van der Waals surface area contributed by atoms with E-state index in [4.69, 9.17) is 9.72 Å². The first kappa shape index (κ1) is 28.7. The van der Waals surface area contributed by atoms with Crippen molar-refractivity contribution in [1.82, 2.24) is 19.7 Å². The highest BCUT2D eigenvalue weighted by Crippen LogP contribution is 2.30. The van der Waals surface area contributed by atoms with Crippen LogP contribution in [0.1, 0.15) is 62.7 Å². The van der Waals surface area contributed by atoms with Crippen LogP contribution in [0, 0.1) is 12.8 Å². The topological polar surface area (TPSA) is 120 Å². The number of carbonyl (C=O) groups excluding carboxylic acids is 1. The molecule has 4 aromatic rings. The van der Waals surface area contributed by atoms with Gasteiger partial charge in [-0.25, -0.2) is 9.78 Å². The molecular weight excluding hydrogens is 508 g/mol. The van der Waals surface area contributed by atoms with Gasteiger partial charge >= 0.3 is 11.7 Å². The van der Waals surface area contributed by atoms with E-state index in [1.165, 1.54) is 0 Å². The van der Waals surface area contributed by atoms with Crippen LogP contribution in [0.4, 0.5) is 0 Å². The molecule has 0 saturated carbocycles. The number of hydrogen-bond acceptors (Lipinski definition) is 7. The van der Waals surface area contributed by atoms with Crippen LogP contribution in [0.5, 0.6) is 0 Å². The maximum Gasteiger partial charge on any atom is 0.439 e. The SMILES string of the molecule is CCCCc1nc(C)c(CC(=O)OCC(C)CC)c(=O)n1Cc1ccc(-c2ccccc2-c2noc(=O)[nH]2)cc1. The van der Waals surface area contributed by atoms with Gasteiger partial charge in [-0.05, 0) is 36.0 Å². The molecule has 2 heterocycles. The number of benzene rings is 2. The van der Waals surface area contributed by atoms with E-state index in [1.807, 2.05) is 62.4 Å². The predicted octanol–water partition coefficient (Wildman–Crippen LogP) is 5.08. The van der Waals surface area contributed by atoms with Crippen molar-refractivity contribution in [2.75, 3.05) is 6.61 Å². The van der Waals surface area contributed by atoms with E-state index in [0.717, 1.165) is 41.5 Å². The Kier molecular flexibility index (Phi) is 9.47. The van der Waals surface area contributed by atoms with E-state index in [1.54, 1.807) is 11.5 Å². The van der Waals surface area contributed by atoms with Gasteiger partial charge in [-0.3, -0.25) is 23.7 Å². The zero-order chi connectivity index (χ0) is 28.6. The van der Waals surface area contributed by atoms with Crippen LogP contribution in [0.3, 0.4) is 0 Å². The van der Waals surface area contributed by atoms with E-state index < -0.39 is 11.7 Å². The summed E-state index contributed by atoms with van der Waals surface area (Å²) in [5, 5.41) is 3.83. The molecule has 40 heavy (non-hydrogen) atoms. The summed E-state index contributed by atoms with van der Waals surface area (Å²) < 4.78 is 11.8. The molecule has 1 N–H and O–H groups in total. The highest BCUT2D eigenvalue weighted by Gasteiger charge is 2.19. The van der Waals surface area contributed by atoms with Crippen LogP contribution in [0.15, 0.2) is 62.6 Å². The molecule has 9 heteroatoms. The van der Waals surface area contributed by atoms with Crippen molar-refractivity contribution in [1.29, 1.82) is 0 Å². The number of ether oxygens (including phenoxy) is 1. The Morgan fingerprint density at radius 2 is 1.80 bits per heavy atom. The second-order valence-corrected chi connectivity index (χ2v) is 10.1. The lowest BCUT2D eigenvalue weighted by Crippen LogP contribution is -2.31. The quantitative estimate of drug-likeness (QED) is 0.247. The minimum absolute atomic E-state index is 0.0952. The van der Waals surface area contributed by atoms with Crippen molar-refractivity contribution in [2.45, 2.75) is 66.3 Å². The van der Waals surface area contributed by atoms with Gasteiger partial charge in [0.1, 0.15) is 5.82 Å². The second-order valence-electron chi connectivity index (χ2n) is 10.1. The molecule has 0 spiro atoms. The minimum Gasteiger partial charge on any atom is -0.465 e. The minimum atomic E-state index is -0.612. The van der Waals surface area contributed by atoms with Crippen LogP contribution >= 0.6 is 0 Å². The average molecular weight is 545 g/mol. The van der Waals surface area contributed by atoms with E-state index >= 15 is 0 Å². The highest BCUT2D eigenvalue weighted by molar-refractivity contribution is 5.80. The van der Waals surface area contributed by atoms with Crippen molar-refractivity contribution < 1.29 is 14.1 Å². The van der Waals surface area contributed by atoms with Crippen LogP contribution in [0.25, 0.3) is 22.5 Å². The average Bonchev–Trinajstić information content (AvgIpc) is 3.40. The van der Waals surface area contributed by atoms with Gasteiger partial charge in [0.05, 0.1) is 19.6 Å². The number of aryl methyl sites for hydroxylation is 2. The van der Waals surface area contributed by atoms with Gasteiger partial charge in [-0.2, -0.15) is 0 Å². The van der Waals surface area contributed by atoms with E-state index in [9.17, 15) is 14.4 Å². The summed E-state index contributed by atoms with van der Waals surface area (Å²) in [6, 6.07) is 15.5. The van der Waals surface area contributed by atoms with E-state index in [2.05, 4.69) is 21.6 Å². The summed E-state index contributed by atoms with van der Waals surface area (Å²) >= 11 is 0. The molecule has 4 rings (SSSR count). The largest absolute Gasteiger partial charge is 0.465 e. The van der Waals surface area contributed by atoms with Crippen molar-refractivity contribution in [3.63, 3.8) is 0 Å². The van der Waals surface area contributed by atoms with Crippen molar-refractivity contribution in [3.8, 4) is 22.5 Å². The Balaban J connectivity index is 1.62. The Morgan fingerprint density at radius 3 is 2.45 bits per heavy atom. The number of aromatic amines is 1. The Labute approximate surface area is 233 Å². The summed E-state index contributed by atoms with van der Waals surface area (Å²) in [6.45, 7) is 8.62. The molecule has 0 saturated heterocycles. The lowest BCUT2D eigenvalue weighted by molar-refractivity contribution is -0.144. The molecule has 0 fully saturated rings. The number of rotatable bonds is 12. The molecule has 1 atom stereocenters. The maximum absolute atomic E-state index is 13.7. The molecule has 0 aliphatic rings. The first-order valence-electron chi connectivity index (χ1n) is 13.8. The van der Waals surface area contributed by atoms with Gasteiger partial charge in [0.15, 0.2) is 5.82 Å². The standard InChI is InChI=1S/C31H36N4O5/c1-5-7-12-27-32-21(4)26(17-28(36)39-19-20(3)6-2)30(37)35(27)18-22-13-15-23(16-14-22)24-10-8-9-11-25(24)29-33-31(38)40-34-29/h8-11,13-16,20H,5-7,12,17-19H2,1-4H3,(H,33,34,38). The Hall–Kier alpha value is -4.27. The number of hydrogen-bond donors (Lipinski definition) is 1. The van der Waals surface area contributed by atoms with Crippen LogP contribution in [0.2, 0.25) is 0 Å². The van der Waals surface area contributed by atoms with E-state index in [0.29, 0.717) is 42.5 Å². The lowest BCUT2D eigenvalue weighted by Gasteiger charge is -2.17. The molecule has 2 aromatic carbocycles. The van der Waals surface area contributed by atoms with Gasteiger partial charge in [0, 0.05) is 23.2 Å². The number of nitrogens with zero attached hydrogens (tertiary/aromatic N) is 3. The smallest absolute Gasteiger partial charge is 0.439 e. The third-order valence-corrected chi connectivity index (χ3v) is 7.08. The van der Waals surface area contributed by atoms with Gasteiger partial charge < -0.3 is 4.74 Å². The van der Waals surface area contributed by atoms with Gasteiger partial charge in [0.2, 0.25) is 0 Å². The first-order chi connectivity index (χ1) is 19.3. The predicted molar refractivity (Wildman–Crippen MR) is 153 cm³/mol. The third kappa shape index (κ3) is 6.83. The molecule has 9 nitrogen and oxygen atoms in total.